The number of benzene rings is 1. The van der Waals surface area contributed by atoms with Gasteiger partial charge in [-0.1, -0.05) is 24.3 Å². The second-order valence-electron chi connectivity index (χ2n) is 6.25. The minimum atomic E-state index is 0. The summed E-state index contributed by atoms with van der Waals surface area (Å²) in [5.41, 5.74) is 2.50. The van der Waals surface area contributed by atoms with Gasteiger partial charge in [0.05, 0.1) is 19.8 Å². The number of hydrogen-bond donors (Lipinski definition) is 2. The topological polar surface area (TPSA) is 48.9 Å². The van der Waals surface area contributed by atoms with Gasteiger partial charge in [-0.3, -0.25) is 0 Å². The molecule has 1 aliphatic carbocycles. The van der Waals surface area contributed by atoms with Gasteiger partial charge in [0.1, 0.15) is 0 Å². The zero-order chi connectivity index (χ0) is 16.6. The molecule has 0 spiro atoms. The Kier molecular flexibility index (Phi) is 8.54. The van der Waals surface area contributed by atoms with E-state index in [1.165, 1.54) is 11.3 Å². The monoisotopic (exact) mass is 456 g/mol. The van der Waals surface area contributed by atoms with E-state index >= 15 is 0 Å². The summed E-state index contributed by atoms with van der Waals surface area (Å²) < 4.78 is 5.41. The van der Waals surface area contributed by atoms with Crippen molar-refractivity contribution in [2.24, 2.45) is 4.99 Å². The van der Waals surface area contributed by atoms with Gasteiger partial charge in [0.15, 0.2) is 5.96 Å². The standard InChI is InChI=1S/C19H28N4O.HI/c1-2-20-19(22-17-5-3-4-6-17)21-15-16-7-9-18(10-8-16)23-11-13-24-14-12-23;/h3-4,7-10,17H,2,5-6,11-15H2,1H3,(H2,20,21,22);1H. The largest absolute Gasteiger partial charge is 0.378 e. The van der Waals surface area contributed by atoms with Crippen LogP contribution in [-0.4, -0.2) is 44.8 Å². The molecule has 0 radical (unpaired) electrons. The predicted molar refractivity (Wildman–Crippen MR) is 115 cm³/mol. The number of anilines is 1. The van der Waals surface area contributed by atoms with Crippen LogP contribution in [0.25, 0.3) is 0 Å². The molecule has 6 heteroatoms. The molecule has 2 N–H and O–H groups in total. The fraction of sp³-hybridized carbons (Fsp3) is 0.526. The highest BCUT2D eigenvalue weighted by atomic mass is 127. The lowest BCUT2D eigenvalue weighted by Crippen LogP contribution is -2.42. The van der Waals surface area contributed by atoms with E-state index in [1.807, 2.05) is 0 Å². The molecule has 0 saturated carbocycles. The first-order valence-electron chi connectivity index (χ1n) is 8.96. The molecule has 1 fully saturated rings. The van der Waals surface area contributed by atoms with Crippen molar-refractivity contribution >= 4 is 35.6 Å². The number of halogens is 1. The highest BCUT2D eigenvalue weighted by molar-refractivity contribution is 14.0. The first-order valence-corrected chi connectivity index (χ1v) is 8.96. The second-order valence-corrected chi connectivity index (χ2v) is 6.25. The molecule has 1 saturated heterocycles. The van der Waals surface area contributed by atoms with Crippen molar-refractivity contribution in [3.8, 4) is 0 Å². The molecule has 0 bridgehead atoms. The highest BCUT2D eigenvalue weighted by Crippen LogP contribution is 2.17. The van der Waals surface area contributed by atoms with Crippen LogP contribution in [-0.2, 0) is 11.3 Å². The molecule has 0 amide bonds. The maximum atomic E-state index is 5.41. The normalized spacial score (nSPS) is 18.1. The fourth-order valence-corrected chi connectivity index (χ4v) is 3.05. The highest BCUT2D eigenvalue weighted by Gasteiger charge is 2.12. The zero-order valence-electron chi connectivity index (χ0n) is 14.9. The van der Waals surface area contributed by atoms with Crippen molar-refractivity contribution in [2.75, 3.05) is 37.7 Å². The molecule has 1 aromatic carbocycles. The lowest BCUT2D eigenvalue weighted by atomic mass is 10.2. The van der Waals surface area contributed by atoms with Gasteiger partial charge >= 0.3 is 0 Å². The van der Waals surface area contributed by atoms with Gasteiger partial charge in [-0.2, -0.15) is 0 Å². The molecule has 2 aliphatic rings. The average Bonchev–Trinajstić information content (AvgIpc) is 3.14. The van der Waals surface area contributed by atoms with Crippen molar-refractivity contribution in [1.82, 2.24) is 10.6 Å². The smallest absolute Gasteiger partial charge is 0.191 e. The fourth-order valence-electron chi connectivity index (χ4n) is 3.05. The SMILES string of the molecule is CCNC(=NCc1ccc(N2CCOCC2)cc1)NC1CC=CC1.I. The second kappa shape index (κ2) is 10.7. The third kappa shape index (κ3) is 6.18. The summed E-state index contributed by atoms with van der Waals surface area (Å²) in [7, 11) is 0. The number of morpholine rings is 1. The van der Waals surface area contributed by atoms with Crippen molar-refractivity contribution in [3.63, 3.8) is 0 Å². The van der Waals surface area contributed by atoms with Crippen molar-refractivity contribution in [1.29, 1.82) is 0 Å². The van der Waals surface area contributed by atoms with Crippen LogP contribution in [0.1, 0.15) is 25.3 Å². The van der Waals surface area contributed by atoms with Crippen LogP contribution in [0.5, 0.6) is 0 Å². The molecule has 138 valence electrons. The average molecular weight is 456 g/mol. The van der Waals surface area contributed by atoms with Gasteiger partial charge in [0.2, 0.25) is 0 Å². The Hall–Kier alpha value is -1.28. The lowest BCUT2D eigenvalue weighted by Gasteiger charge is -2.28. The summed E-state index contributed by atoms with van der Waals surface area (Å²) in [6.45, 7) is 7.25. The number of guanidine groups is 1. The van der Waals surface area contributed by atoms with Crippen molar-refractivity contribution < 1.29 is 4.74 Å². The predicted octanol–water partition coefficient (Wildman–Crippen LogP) is 2.91. The summed E-state index contributed by atoms with van der Waals surface area (Å²) in [5.74, 6) is 0.906. The Morgan fingerprint density at radius 3 is 2.48 bits per heavy atom. The van der Waals surface area contributed by atoms with Crippen molar-refractivity contribution in [3.05, 3.63) is 42.0 Å². The van der Waals surface area contributed by atoms with Crippen LogP contribution in [0, 0.1) is 0 Å². The van der Waals surface area contributed by atoms with Crippen molar-refractivity contribution in [2.45, 2.75) is 32.4 Å². The number of nitrogens with zero attached hydrogens (tertiary/aromatic N) is 2. The van der Waals surface area contributed by atoms with Crippen LogP contribution < -0.4 is 15.5 Å². The minimum absolute atomic E-state index is 0. The molecule has 0 aromatic heterocycles. The number of hydrogen-bond acceptors (Lipinski definition) is 3. The van der Waals surface area contributed by atoms with E-state index in [4.69, 9.17) is 9.73 Å². The first kappa shape index (κ1) is 20.0. The molecule has 1 heterocycles. The molecule has 0 unspecified atom stereocenters. The lowest BCUT2D eigenvalue weighted by molar-refractivity contribution is 0.122. The van der Waals surface area contributed by atoms with Gasteiger partial charge in [-0.15, -0.1) is 24.0 Å². The maximum Gasteiger partial charge on any atom is 0.191 e. The quantitative estimate of drug-likeness (QED) is 0.310. The van der Waals surface area contributed by atoms with Crippen LogP contribution >= 0.6 is 24.0 Å². The summed E-state index contributed by atoms with van der Waals surface area (Å²) in [5, 5.41) is 6.84. The third-order valence-corrected chi connectivity index (χ3v) is 4.43. The van der Waals surface area contributed by atoms with Gasteiger partial charge in [-0.25, -0.2) is 4.99 Å². The Morgan fingerprint density at radius 2 is 1.84 bits per heavy atom. The summed E-state index contributed by atoms with van der Waals surface area (Å²) in [4.78, 5) is 7.09. The van der Waals surface area contributed by atoms with Crippen LogP contribution in [0.3, 0.4) is 0 Å². The Balaban J connectivity index is 0.00000225. The van der Waals surface area contributed by atoms with Gasteiger partial charge in [0, 0.05) is 31.4 Å². The molecule has 25 heavy (non-hydrogen) atoms. The van der Waals surface area contributed by atoms with E-state index in [1.54, 1.807) is 0 Å². The van der Waals surface area contributed by atoms with E-state index in [-0.39, 0.29) is 24.0 Å². The van der Waals surface area contributed by atoms with Gasteiger partial charge in [-0.05, 0) is 37.5 Å². The van der Waals surface area contributed by atoms with Gasteiger partial charge < -0.3 is 20.3 Å². The van der Waals surface area contributed by atoms with Crippen LogP contribution in [0.2, 0.25) is 0 Å². The van der Waals surface area contributed by atoms with E-state index < -0.39 is 0 Å². The number of rotatable bonds is 5. The van der Waals surface area contributed by atoms with E-state index in [0.717, 1.165) is 51.6 Å². The van der Waals surface area contributed by atoms with E-state index in [0.29, 0.717) is 12.6 Å². The van der Waals surface area contributed by atoms with Gasteiger partial charge in [0.25, 0.3) is 0 Å². The van der Waals surface area contributed by atoms with E-state index in [9.17, 15) is 0 Å². The third-order valence-electron chi connectivity index (χ3n) is 4.43. The van der Waals surface area contributed by atoms with Crippen LogP contribution in [0.15, 0.2) is 41.4 Å². The molecule has 1 aliphatic heterocycles. The summed E-state index contributed by atoms with van der Waals surface area (Å²) in [6.07, 6.45) is 6.62. The molecular formula is C19H29IN4O. The minimum Gasteiger partial charge on any atom is -0.378 e. The Labute approximate surface area is 167 Å². The number of nitrogens with one attached hydrogen (secondary N) is 2. The Bertz CT molecular complexity index is 559. The summed E-state index contributed by atoms with van der Waals surface area (Å²) in [6, 6.07) is 9.21. The Morgan fingerprint density at radius 1 is 1.16 bits per heavy atom. The number of ether oxygens (including phenoxy) is 1. The molecule has 1 aromatic rings. The molecule has 5 nitrogen and oxygen atoms in total. The first-order chi connectivity index (χ1) is 11.8. The molecular weight excluding hydrogens is 427 g/mol. The number of aliphatic imine (C=N–C) groups is 1. The van der Waals surface area contributed by atoms with E-state index in [2.05, 4.69) is 58.9 Å². The van der Waals surface area contributed by atoms with Crippen LogP contribution in [0.4, 0.5) is 5.69 Å². The zero-order valence-corrected chi connectivity index (χ0v) is 17.2. The maximum absolute atomic E-state index is 5.41. The molecule has 0 atom stereocenters. The summed E-state index contributed by atoms with van der Waals surface area (Å²) >= 11 is 0. The molecule has 3 rings (SSSR count).